The van der Waals surface area contributed by atoms with E-state index in [0.29, 0.717) is 0 Å². The van der Waals surface area contributed by atoms with Gasteiger partial charge in [-0.2, -0.15) is 0 Å². The van der Waals surface area contributed by atoms with Crippen molar-refractivity contribution in [2.75, 3.05) is 19.6 Å². The molecule has 0 bridgehead atoms. The van der Waals surface area contributed by atoms with E-state index in [0.717, 1.165) is 31.6 Å². The van der Waals surface area contributed by atoms with E-state index in [1.807, 2.05) is 6.08 Å². The summed E-state index contributed by atoms with van der Waals surface area (Å²) in [5.74, 6) is -0.258. The van der Waals surface area contributed by atoms with Gasteiger partial charge in [0.2, 0.25) is 5.91 Å². The lowest BCUT2D eigenvalue weighted by molar-refractivity contribution is -0.114. The zero-order valence-electron chi connectivity index (χ0n) is 7.55. The number of rotatable bonds is 3. The third-order valence-corrected chi connectivity index (χ3v) is 2.15. The number of hydrogen-bond donors (Lipinski definition) is 1. The van der Waals surface area contributed by atoms with Crippen LogP contribution in [-0.2, 0) is 4.79 Å². The summed E-state index contributed by atoms with van der Waals surface area (Å²) in [7, 11) is 0. The van der Waals surface area contributed by atoms with Gasteiger partial charge in [-0.1, -0.05) is 13.0 Å². The van der Waals surface area contributed by atoms with Crippen molar-refractivity contribution in [1.82, 2.24) is 4.90 Å². The van der Waals surface area contributed by atoms with Crippen molar-refractivity contribution >= 4 is 5.91 Å². The molecule has 0 aromatic heterocycles. The van der Waals surface area contributed by atoms with Crippen LogP contribution in [0.1, 0.15) is 19.8 Å². The SMILES string of the molecule is CCCN1CC=C(C(N)=O)CC1. The fraction of sp³-hybridized carbons (Fsp3) is 0.667. The van der Waals surface area contributed by atoms with E-state index in [2.05, 4.69) is 11.8 Å². The molecule has 3 heteroatoms. The number of carbonyl (C=O) groups excluding carboxylic acids is 1. The van der Waals surface area contributed by atoms with E-state index in [9.17, 15) is 4.79 Å². The predicted octanol–water partition coefficient (Wildman–Crippen LogP) is 0.514. The number of hydrogen-bond acceptors (Lipinski definition) is 2. The molecule has 0 saturated heterocycles. The van der Waals surface area contributed by atoms with Crippen LogP contribution in [0.4, 0.5) is 0 Å². The van der Waals surface area contributed by atoms with Crippen LogP contribution >= 0.6 is 0 Å². The summed E-state index contributed by atoms with van der Waals surface area (Å²) in [6.07, 6.45) is 3.93. The predicted molar refractivity (Wildman–Crippen MR) is 48.6 cm³/mol. The first-order valence-electron chi connectivity index (χ1n) is 4.45. The summed E-state index contributed by atoms with van der Waals surface area (Å²) in [4.78, 5) is 13.1. The van der Waals surface area contributed by atoms with Gasteiger partial charge in [-0.15, -0.1) is 0 Å². The van der Waals surface area contributed by atoms with E-state index in [1.165, 1.54) is 6.42 Å². The highest BCUT2D eigenvalue weighted by atomic mass is 16.1. The summed E-state index contributed by atoms with van der Waals surface area (Å²) < 4.78 is 0. The summed E-state index contributed by atoms with van der Waals surface area (Å²) in [5, 5.41) is 0. The summed E-state index contributed by atoms with van der Waals surface area (Å²) in [6, 6.07) is 0. The third kappa shape index (κ3) is 2.34. The molecule has 0 saturated carbocycles. The Bertz CT molecular complexity index is 199. The molecule has 3 nitrogen and oxygen atoms in total. The minimum atomic E-state index is -0.258. The molecule has 1 rings (SSSR count). The maximum absolute atomic E-state index is 10.8. The smallest absolute Gasteiger partial charge is 0.244 e. The topological polar surface area (TPSA) is 46.3 Å². The van der Waals surface area contributed by atoms with Crippen molar-refractivity contribution in [3.63, 3.8) is 0 Å². The zero-order chi connectivity index (χ0) is 8.97. The molecule has 1 aliphatic rings. The Morgan fingerprint density at radius 3 is 2.92 bits per heavy atom. The van der Waals surface area contributed by atoms with Crippen molar-refractivity contribution in [2.24, 2.45) is 5.73 Å². The zero-order valence-corrected chi connectivity index (χ0v) is 7.55. The van der Waals surface area contributed by atoms with Crippen LogP contribution in [0.2, 0.25) is 0 Å². The van der Waals surface area contributed by atoms with Crippen molar-refractivity contribution < 1.29 is 4.79 Å². The molecule has 1 aliphatic heterocycles. The van der Waals surface area contributed by atoms with Crippen LogP contribution < -0.4 is 5.73 Å². The molecule has 0 spiro atoms. The maximum Gasteiger partial charge on any atom is 0.244 e. The molecular formula is C9H16N2O. The Morgan fingerprint density at radius 2 is 2.50 bits per heavy atom. The first-order chi connectivity index (χ1) is 5.74. The van der Waals surface area contributed by atoms with Crippen LogP contribution in [-0.4, -0.2) is 30.4 Å². The third-order valence-electron chi connectivity index (χ3n) is 2.15. The molecule has 2 N–H and O–H groups in total. The van der Waals surface area contributed by atoms with Gasteiger partial charge in [-0.25, -0.2) is 0 Å². The van der Waals surface area contributed by atoms with E-state index in [4.69, 9.17) is 5.73 Å². The number of nitrogens with zero attached hydrogens (tertiary/aromatic N) is 1. The summed E-state index contributed by atoms with van der Waals surface area (Å²) in [6.45, 7) is 5.13. The van der Waals surface area contributed by atoms with Crippen LogP contribution in [0, 0.1) is 0 Å². The Kier molecular flexibility index (Phi) is 3.29. The van der Waals surface area contributed by atoms with Crippen LogP contribution in [0.25, 0.3) is 0 Å². The quantitative estimate of drug-likeness (QED) is 0.667. The van der Waals surface area contributed by atoms with Crippen LogP contribution in [0.15, 0.2) is 11.6 Å². The molecule has 0 aliphatic carbocycles. The monoisotopic (exact) mass is 168 g/mol. The molecule has 0 atom stereocenters. The second-order valence-corrected chi connectivity index (χ2v) is 3.14. The molecule has 12 heavy (non-hydrogen) atoms. The lowest BCUT2D eigenvalue weighted by atomic mass is 10.1. The summed E-state index contributed by atoms with van der Waals surface area (Å²) >= 11 is 0. The Morgan fingerprint density at radius 1 is 1.75 bits per heavy atom. The maximum atomic E-state index is 10.8. The van der Waals surface area contributed by atoms with Gasteiger partial charge in [0, 0.05) is 18.7 Å². The molecular weight excluding hydrogens is 152 g/mol. The Balaban J connectivity index is 2.42. The lowest BCUT2D eigenvalue weighted by Gasteiger charge is -2.24. The second kappa shape index (κ2) is 4.26. The largest absolute Gasteiger partial charge is 0.366 e. The van der Waals surface area contributed by atoms with Gasteiger partial charge >= 0.3 is 0 Å². The van der Waals surface area contributed by atoms with Gasteiger partial charge in [-0.05, 0) is 19.4 Å². The van der Waals surface area contributed by atoms with Crippen molar-refractivity contribution in [1.29, 1.82) is 0 Å². The first-order valence-corrected chi connectivity index (χ1v) is 4.45. The minimum Gasteiger partial charge on any atom is -0.366 e. The van der Waals surface area contributed by atoms with E-state index >= 15 is 0 Å². The minimum absolute atomic E-state index is 0.258. The van der Waals surface area contributed by atoms with E-state index in [1.54, 1.807) is 0 Å². The van der Waals surface area contributed by atoms with Crippen molar-refractivity contribution in [3.8, 4) is 0 Å². The molecule has 0 aromatic rings. The second-order valence-electron chi connectivity index (χ2n) is 3.14. The average Bonchev–Trinajstić information content (AvgIpc) is 2.06. The standard InChI is InChI=1S/C9H16N2O/c1-2-5-11-6-3-8(4-7-11)9(10)12/h3H,2,4-7H2,1H3,(H2,10,12). The first kappa shape index (κ1) is 9.26. The van der Waals surface area contributed by atoms with Gasteiger partial charge in [0.1, 0.15) is 0 Å². The highest BCUT2D eigenvalue weighted by Crippen LogP contribution is 2.09. The molecule has 1 heterocycles. The van der Waals surface area contributed by atoms with Gasteiger partial charge < -0.3 is 5.73 Å². The van der Waals surface area contributed by atoms with Gasteiger partial charge in [0.05, 0.1) is 0 Å². The van der Waals surface area contributed by atoms with E-state index < -0.39 is 0 Å². The van der Waals surface area contributed by atoms with Crippen LogP contribution in [0.5, 0.6) is 0 Å². The average molecular weight is 168 g/mol. The molecule has 0 fully saturated rings. The molecule has 0 unspecified atom stereocenters. The van der Waals surface area contributed by atoms with Gasteiger partial charge in [0.25, 0.3) is 0 Å². The number of nitrogens with two attached hydrogens (primary N) is 1. The highest BCUT2D eigenvalue weighted by molar-refractivity contribution is 5.92. The summed E-state index contributed by atoms with van der Waals surface area (Å²) in [5.41, 5.74) is 5.95. The normalized spacial score (nSPS) is 18.9. The highest BCUT2D eigenvalue weighted by Gasteiger charge is 2.13. The number of carbonyl (C=O) groups is 1. The number of amides is 1. The van der Waals surface area contributed by atoms with Crippen molar-refractivity contribution in [3.05, 3.63) is 11.6 Å². The molecule has 68 valence electrons. The lowest BCUT2D eigenvalue weighted by Crippen LogP contribution is -2.32. The Labute approximate surface area is 73.2 Å². The van der Waals surface area contributed by atoms with Crippen molar-refractivity contribution in [2.45, 2.75) is 19.8 Å². The van der Waals surface area contributed by atoms with Gasteiger partial charge in [0.15, 0.2) is 0 Å². The molecule has 0 radical (unpaired) electrons. The fourth-order valence-corrected chi connectivity index (χ4v) is 1.45. The van der Waals surface area contributed by atoms with Crippen LogP contribution in [0.3, 0.4) is 0 Å². The Hall–Kier alpha value is -0.830. The molecule has 1 amide bonds. The van der Waals surface area contributed by atoms with E-state index in [-0.39, 0.29) is 5.91 Å². The van der Waals surface area contributed by atoms with Gasteiger partial charge in [-0.3, -0.25) is 9.69 Å². The molecule has 0 aromatic carbocycles. The number of primary amides is 1. The fourth-order valence-electron chi connectivity index (χ4n) is 1.45.